The zero-order valence-electron chi connectivity index (χ0n) is 11.1. The van der Waals surface area contributed by atoms with E-state index >= 15 is 0 Å². The molecular weight excluding hydrogens is 242 g/mol. The van der Waals surface area contributed by atoms with Crippen molar-refractivity contribution < 1.29 is 9.59 Å². The third-order valence-electron chi connectivity index (χ3n) is 3.48. The molecule has 2 rings (SSSR count). The molecule has 0 aromatic heterocycles. The number of primary amides is 1. The molecule has 1 saturated heterocycles. The minimum Gasteiger partial charge on any atom is -0.382 e. The lowest BCUT2D eigenvalue weighted by molar-refractivity contribution is -0.129. The molecule has 3 N–H and O–H groups in total. The molecule has 0 atom stereocenters. The third kappa shape index (κ3) is 3.47. The fourth-order valence-electron chi connectivity index (χ4n) is 2.31. The molecule has 2 amide bonds. The highest BCUT2D eigenvalue weighted by molar-refractivity contribution is 5.93. The zero-order chi connectivity index (χ0) is 13.8. The molecule has 0 bridgehead atoms. The maximum atomic E-state index is 11.2. The van der Waals surface area contributed by atoms with E-state index in [1.165, 1.54) is 0 Å². The summed E-state index contributed by atoms with van der Waals surface area (Å²) in [6, 6.07) is 7.52. The van der Waals surface area contributed by atoms with Gasteiger partial charge in [-0.15, -0.1) is 0 Å². The summed E-state index contributed by atoms with van der Waals surface area (Å²) in [4.78, 5) is 24.1. The van der Waals surface area contributed by atoms with Gasteiger partial charge in [-0.25, -0.2) is 0 Å². The van der Waals surface area contributed by atoms with Crippen LogP contribution >= 0.6 is 0 Å². The van der Waals surface area contributed by atoms with Crippen molar-refractivity contribution in [2.45, 2.75) is 25.8 Å². The third-order valence-corrected chi connectivity index (χ3v) is 3.48. The summed E-state index contributed by atoms with van der Waals surface area (Å²) in [5, 5.41) is 3.42. The van der Waals surface area contributed by atoms with Crippen molar-refractivity contribution in [2.24, 2.45) is 5.73 Å². The van der Waals surface area contributed by atoms with Gasteiger partial charge >= 0.3 is 0 Å². The molecule has 0 aliphatic carbocycles. The Morgan fingerprint density at radius 2 is 1.79 bits per heavy atom. The van der Waals surface area contributed by atoms with Gasteiger partial charge in [0.15, 0.2) is 0 Å². The number of rotatable bonds is 3. The van der Waals surface area contributed by atoms with E-state index in [2.05, 4.69) is 5.32 Å². The number of carbonyl (C=O) groups is 2. The standard InChI is InChI=1S/C14H19N3O2/c1-10(18)17-8-6-13(7-9-17)16-12-4-2-11(3-5-12)14(15)19/h2-5,13,16H,6-9H2,1H3,(H2,15,19). The molecule has 1 fully saturated rings. The first-order valence-corrected chi connectivity index (χ1v) is 6.48. The van der Waals surface area contributed by atoms with Gasteiger partial charge in [0, 0.05) is 37.3 Å². The fraction of sp³-hybridized carbons (Fsp3) is 0.429. The Morgan fingerprint density at radius 3 is 2.26 bits per heavy atom. The normalized spacial score (nSPS) is 16.2. The Labute approximate surface area is 112 Å². The number of nitrogens with one attached hydrogen (secondary N) is 1. The second-order valence-electron chi connectivity index (χ2n) is 4.87. The van der Waals surface area contributed by atoms with Crippen LogP contribution in [0.2, 0.25) is 0 Å². The summed E-state index contributed by atoms with van der Waals surface area (Å²) in [7, 11) is 0. The molecule has 1 aromatic rings. The molecule has 1 aliphatic rings. The van der Waals surface area contributed by atoms with E-state index in [1.807, 2.05) is 17.0 Å². The molecule has 0 saturated carbocycles. The Hall–Kier alpha value is -2.04. The van der Waals surface area contributed by atoms with Crippen molar-refractivity contribution in [2.75, 3.05) is 18.4 Å². The van der Waals surface area contributed by atoms with Crippen LogP contribution in [0.1, 0.15) is 30.1 Å². The summed E-state index contributed by atoms with van der Waals surface area (Å²) in [6.45, 7) is 3.20. The summed E-state index contributed by atoms with van der Waals surface area (Å²) in [5.41, 5.74) is 6.68. The van der Waals surface area contributed by atoms with Crippen LogP contribution in [0.15, 0.2) is 24.3 Å². The van der Waals surface area contributed by atoms with Crippen molar-refractivity contribution >= 4 is 17.5 Å². The van der Waals surface area contributed by atoms with Crippen LogP contribution in [-0.4, -0.2) is 35.8 Å². The van der Waals surface area contributed by atoms with Crippen LogP contribution in [-0.2, 0) is 4.79 Å². The van der Waals surface area contributed by atoms with E-state index in [0.717, 1.165) is 31.6 Å². The molecule has 1 aliphatic heterocycles. The van der Waals surface area contributed by atoms with Crippen LogP contribution < -0.4 is 11.1 Å². The van der Waals surface area contributed by atoms with Gasteiger partial charge in [-0.05, 0) is 37.1 Å². The molecule has 19 heavy (non-hydrogen) atoms. The van der Waals surface area contributed by atoms with E-state index in [1.54, 1.807) is 19.1 Å². The van der Waals surface area contributed by atoms with Gasteiger partial charge in [-0.3, -0.25) is 9.59 Å². The number of nitrogens with two attached hydrogens (primary N) is 1. The van der Waals surface area contributed by atoms with Gasteiger partial charge in [-0.2, -0.15) is 0 Å². The van der Waals surface area contributed by atoms with Crippen molar-refractivity contribution in [1.29, 1.82) is 0 Å². The van der Waals surface area contributed by atoms with Crippen LogP contribution in [0.25, 0.3) is 0 Å². The first-order valence-electron chi connectivity index (χ1n) is 6.48. The first-order chi connectivity index (χ1) is 9.06. The van der Waals surface area contributed by atoms with Gasteiger partial charge in [0.05, 0.1) is 0 Å². The van der Waals surface area contributed by atoms with Crippen molar-refractivity contribution in [1.82, 2.24) is 4.90 Å². The van der Waals surface area contributed by atoms with E-state index in [9.17, 15) is 9.59 Å². The lowest BCUT2D eigenvalue weighted by Crippen LogP contribution is -2.41. The molecule has 102 valence electrons. The minimum absolute atomic E-state index is 0.143. The monoisotopic (exact) mass is 261 g/mol. The molecular formula is C14H19N3O2. The highest BCUT2D eigenvalue weighted by atomic mass is 16.2. The molecule has 1 aromatic carbocycles. The summed E-state index contributed by atoms with van der Waals surface area (Å²) in [6.07, 6.45) is 1.88. The number of carbonyl (C=O) groups excluding carboxylic acids is 2. The van der Waals surface area contributed by atoms with E-state index < -0.39 is 5.91 Å². The molecule has 5 heteroatoms. The van der Waals surface area contributed by atoms with Gasteiger partial charge in [-0.1, -0.05) is 0 Å². The van der Waals surface area contributed by atoms with Gasteiger partial charge in [0.25, 0.3) is 0 Å². The van der Waals surface area contributed by atoms with Gasteiger partial charge in [0.2, 0.25) is 11.8 Å². The Balaban J connectivity index is 1.88. The topological polar surface area (TPSA) is 75.4 Å². The second kappa shape index (κ2) is 5.73. The van der Waals surface area contributed by atoms with Gasteiger partial charge < -0.3 is 16.0 Å². The quantitative estimate of drug-likeness (QED) is 0.858. The average molecular weight is 261 g/mol. The number of benzene rings is 1. The number of anilines is 1. The summed E-state index contributed by atoms with van der Waals surface area (Å²) < 4.78 is 0. The first kappa shape index (κ1) is 13.4. The van der Waals surface area contributed by atoms with Crippen LogP contribution in [0.4, 0.5) is 5.69 Å². The summed E-state index contributed by atoms with van der Waals surface area (Å²) in [5.74, 6) is -0.273. The van der Waals surface area contributed by atoms with Crippen LogP contribution in [0.5, 0.6) is 0 Å². The number of likely N-dealkylation sites (tertiary alicyclic amines) is 1. The average Bonchev–Trinajstić information content (AvgIpc) is 2.40. The van der Waals surface area contributed by atoms with Crippen molar-refractivity contribution in [3.8, 4) is 0 Å². The second-order valence-corrected chi connectivity index (χ2v) is 4.87. The van der Waals surface area contributed by atoms with Crippen LogP contribution in [0.3, 0.4) is 0 Å². The number of nitrogens with zero attached hydrogens (tertiary/aromatic N) is 1. The lowest BCUT2D eigenvalue weighted by atomic mass is 10.0. The highest BCUT2D eigenvalue weighted by Crippen LogP contribution is 2.17. The van der Waals surface area contributed by atoms with E-state index in [-0.39, 0.29) is 5.91 Å². The zero-order valence-corrected chi connectivity index (χ0v) is 11.1. The Morgan fingerprint density at radius 1 is 1.21 bits per heavy atom. The lowest BCUT2D eigenvalue weighted by Gasteiger charge is -2.32. The predicted octanol–water partition coefficient (Wildman–Crippen LogP) is 1.21. The van der Waals surface area contributed by atoms with Crippen molar-refractivity contribution in [3.63, 3.8) is 0 Å². The fourth-order valence-corrected chi connectivity index (χ4v) is 2.31. The van der Waals surface area contributed by atoms with E-state index in [0.29, 0.717) is 11.6 Å². The molecule has 0 spiro atoms. The van der Waals surface area contributed by atoms with Gasteiger partial charge in [0.1, 0.15) is 0 Å². The van der Waals surface area contributed by atoms with Crippen LogP contribution in [0, 0.1) is 0 Å². The Bertz CT molecular complexity index is 462. The minimum atomic E-state index is -0.415. The molecule has 5 nitrogen and oxygen atoms in total. The largest absolute Gasteiger partial charge is 0.382 e. The SMILES string of the molecule is CC(=O)N1CCC(Nc2ccc(C(N)=O)cc2)CC1. The molecule has 1 heterocycles. The predicted molar refractivity (Wildman–Crippen MR) is 73.9 cm³/mol. The van der Waals surface area contributed by atoms with E-state index in [4.69, 9.17) is 5.73 Å². The maximum absolute atomic E-state index is 11.2. The number of piperidine rings is 1. The smallest absolute Gasteiger partial charge is 0.248 e. The number of amides is 2. The highest BCUT2D eigenvalue weighted by Gasteiger charge is 2.20. The number of hydrogen-bond donors (Lipinski definition) is 2. The van der Waals surface area contributed by atoms with Crippen molar-refractivity contribution in [3.05, 3.63) is 29.8 Å². The Kier molecular flexibility index (Phi) is 4.04. The maximum Gasteiger partial charge on any atom is 0.248 e. The molecule has 0 radical (unpaired) electrons. The number of hydrogen-bond acceptors (Lipinski definition) is 3. The summed E-state index contributed by atoms with van der Waals surface area (Å²) >= 11 is 0. The molecule has 0 unspecified atom stereocenters.